The monoisotopic (exact) mass is 391 g/mol. The Morgan fingerprint density at radius 1 is 1.11 bits per heavy atom. The van der Waals surface area contributed by atoms with E-state index in [-0.39, 0.29) is 18.6 Å². The van der Waals surface area contributed by atoms with Crippen LogP contribution in [-0.4, -0.2) is 65.2 Å². The van der Waals surface area contributed by atoms with Gasteiger partial charge in [-0.1, -0.05) is 12.1 Å². The lowest BCUT2D eigenvalue weighted by atomic mass is 10.2. The Hall–Kier alpha value is -2.19. The minimum Gasteiger partial charge on any atom is -0.444 e. The maximum atomic E-state index is 12.3. The highest BCUT2D eigenvalue weighted by Crippen LogP contribution is 2.22. The summed E-state index contributed by atoms with van der Waals surface area (Å²) in [6.07, 6.45) is -0.332. The molecule has 0 bridgehead atoms. The van der Waals surface area contributed by atoms with E-state index in [0.717, 1.165) is 15.2 Å². The number of benzene rings is 1. The van der Waals surface area contributed by atoms with E-state index >= 15 is 0 Å². The van der Waals surface area contributed by atoms with Crippen LogP contribution in [0.25, 0.3) is 10.2 Å². The highest BCUT2D eigenvalue weighted by Gasteiger charge is 2.27. The fourth-order valence-electron chi connectivity index (χ4n) is 2.76. The van der Waals surface area contributed by atoms with Gasteiger partial charge in [-0.15, -0.1) is 11.3 Å². The quantitative estimate of drug-likeness (QED) is 0.801. The largest absolute Gasteiger partial charge is 0.444 e. The van der Waals surface area contributed by atoms with E-state index in [1.54, 1.807) is 21.1 Å². The van der Waals surface area contributed by atoms with Crippen molar-refractivity contribution in [2.24, 2.45) is 0 Å². The topological polar surface area (TPSA) is 72.0 Å². The van der Waals surface area contributed by atoms with Crippen LogP contribution in [0.1, 0.15) is 25.8 Å². The van der Waals surface area contributed by atoms with E-state index in [1.807, 2.05) is 45.0 Å². The Morgan fingerprint density at radius 3 is 2.44 bits per heavy atom. The van der Waals surface area contributed by atoms with E-state index in [1.165, 1.54) is 0 Å². The van der Waals surface area contributed by atoms with Crippen LogP contribution in [0.4, 0.5) is 4.79 Å². The molecule has 2 amide bonds. The van der Waals surface area contributed by atoms with Crippen LogP contribution in [0.2, 0.25) is 0 Å². The summed E-state index contributed by atoms with van der Waals surface area (Å²) in [5.74, 6) is -0.0695. The number of hydrogen-bond acceptors (Lipinski definition) is 6. The van der Waals surface area contributed by atoms with Crippen LogP contribution >= 0.6 is 11.3 Å². The smallest absolute Gasteiger partial charge is 0.410 e. The maximum absolute atomic E-state index is 12.3. The van der Waals surface area contributed by atoms with Crippen LogP contribution in [0.5, 0.6) is 0 Å². The van der Waals surface area contributed by atoms with Crippen molar-refractivity contribution in [3.8, 4) is 0 Å². The van der Waals surface area contributed by atoms with Gasteiger partial charge in [-0.3, -0.25) is 4.79 Å². The van der Waals surface area contributed by atoms with Crippen LogP contribution in [0.3, 0.4) is 0 Å². The molecule has 0 N–H and O–H groups in total. The van der Waals surface area contributed by atoms with Crippen molar-refractivity contribution >= 4 is 33.6 Å². The number of rotatable bonds is 4. The van der Waals surface area contributed by atoms with Crippen LogP contribution in [-0.2, 0) is 20.9 Å². The Morgan fingerprint density at radius 2 is 1.78 bits per heavy atom. The van der Waals surface area contributed by atoms with Crippen LogP contribution in [0, 0.1) is 0 Å². The Bertz CT molecular complexity index is 774. The molecule has 0 saturated carbocycles. The van der Waals surface area contributed by atoms with Gasteiger partial charge >= 0.3 is 6.09 Å². The third kappa shape index (κ3) is 5.40. The summed E-state index contributed by atoms with van der Waals surface area (Å²) in [5.41, 5.74) is 0.434. The van der Waals surface area contributed by atoms with Crippen molar-refractivity contribution in [1.82, 2.24) is 14.8 Å². The molecule has 1 aromatic heterocycles. The van der Waals surface area contributed by atoms with Crippen molar-refractivity contribution in [3.05, 3.63) is 29.3 Å². The van der Waals surface area contributed by atoms with Gasteiger partial charge in [0.15, 0.2) is 0 Å². The SMILES string of the molecule is CC(C)(C)OC(=O)N1CCN(C(=O)COCc2nc3ccccc3s2)CC1. The second kappa shape index (κ2) is 8.22. The van der Waals surface area contributed by atoms with E-state index in [2.05, 4.69) is 4.98 Å². The molecular formula is C19H25N3O4S. The van der Waals surface area contributed by atoms with E-state index in [9.17, 15) is 9.59 Å². The number of para-hydroxylation sites is 1. The number of carbonyl (C=O) groups is 2. The molecule has 1 aromatic carbocycles. The second-order valence-electron chi connectivity index (χ2n) is 7.42. The second-order valence-corrected chi connectivity index (χ2v) is 8.53. The van der Waals surface area contributed by atoms with Gasteiger partial charge < -0.3 is 19.3 Å². The molecule has 2 aromatic rings. The van der Waals surface area contributed by atoms with Crippen LogP contribution in [0.15, 0.2) is 24.3 Å². The molecule has 3 rings (SSSR count). The summed E-state index contributed by atoms with van der Waals surface area (Å²) in [4.78, 5) is 32.2. The van der Waals surface area contributed by atoms with Gasteiger partial charge in [-0.2, -0.15) is 0 Å². The van der Waals surface area contributed by atoms with Gasteiger partial charge in [-0.05, 0) is 32.9 Å². The molecule has 0 unspecified atom stereocenters. The maximum Gasteiger partial charge on any atom is 0.410 e. The molecule has 1 aliphatic heterocycles. The predicted octanol–water partition coefficient (Wildman–Crippen LogP) is 2.89. The lowest BCUT2D eigenvalue weighted by Crippen LogP contribution is -2.52. The number of piperazine rings is 1. The zero-order chi connectivity index (χ0) is 19.4. The predicted molar refractivity (Wildman–Crippen MR) is 104 cm³/mol. The average Bonchev–Trinajstić information content (AvgIpc) is 3.03. The summed E-state index contributed by atoms with van der Waals surface area (Å²) in [6.45, 7) is 7.78. The van der Waals surface area contributed by atoms with Crippen molar-refractivity contribution in [1.29, 1.82) is 0 Å². The number of carbonyl (C=O) groups excluding carboxylic acids is 2. The third-order valence-corrected chi connectivity index (χ3v) is 5.08. The molecule has 2 heterocycles. The van der Waals surface area contributed by atoms with Crippen molar-refractivity contribution in [2.75, 3.05) is 32.8 Å². The summed E-state index contributed by atoms with van der Waals surface area (Å²) in [5, 5.41) is 0.860. The van der Waals surface area contributed by atoms with E-state index < -0.39 is 5.60 Å². The molecule has 1 aliphatic rings. The fraction of sp³-hybridized carbons (Fsp3) is 0.526. The first-order valence-corrected chi connectivity index (χ1v) is 9.81. The first-order chi connectivity index (χ1) is 12.8. The summed E-state index contributed by atoms with van der Waals surface area (Å²) >= 11 is 1.57. The van der Waals surface area contributed by atoms with Gasteiger partial charge in [0, 0.05) is 26.2 Å². The number of ether oxygens (including phenoxy) is 2. The molecule has 1 saturated heterocycles. The molecule has 27 heavy (non-hydrogen) atoms. The Kier molecular flexibility index (Phi) is 5.96. The molecule has 1 fully saturated rings. The number of thiazole rings is 1. The van der Waals surface area contributed by atoms with Crippen molar-refractivity contribution in [3.63, 3.8) is 0 Å². The van der Waals surface area contributed by atoms with Gasteiger partial charge in [-0.25, -0.2) is 9.78 Å². The zero-order valence-electron chi connectivity index (χ0n) is 15.9. The minimum absolute atomic E-state index is 0.0162. The van der Waals surface area contributed by atoms with Gasteiger partial charge in [0.25, 0.3) is 0 Å². The summed E-state index contributed by atoms with van der Waals surface area (Å²) < 4.78 is 12.0. The standard InChI is InChI=1S/C19H25N3O4S/c1-19(2,3)26-18(24)22-10-8-21(9-11-22)17(23)13-25-12-16-20-14-6-4-5-7-15(14)27-16/h4-7H,8-13H2,1-3H3. The lowest BCUT2D eigenvalue weighted by Gasteiger charge is -2.35. The molecule has 0 radical (unpaired) electrons. The van der Waals surface area contributed by atoms with Gasteiger partial charge in [0.05, 0.1) is 16.8 Å². The number of fused-ring (bicyclic) bond motifs is 1. The highest BCUT2D eigenvalue weighted by molar-refractivity contribution is 7.18. The van der Waals surface area contributed by atoms with E-state index in [4.69, 9.17) is 9.47 Å². The fourth-order valence-corrected chi connectivity index (χ4v) is 3.67. The Labute approximate surface area is 162 Å². The van der Waals surface area contributed by atoms with Gasteiger partial charge in [0.2, 0.25) is 5.91 Å². The number of amides is 2. The molecular weight excluding hydrogens is 366 g/mol. The first kappa shape index (κ1) is 19.6. The molecule has 0 aliphatic carbocycles. The molecule has 0 spiro atoms. The summed E-state index contributed by atoms with van der Waals surface area (Å²) in [6, 6.07) is 7.91. The van der Waals surface area contributed by atoms with Crippen molar-refractivity contribution in [2.45, 2.75) is 33.0 Å². The molecule has 0 atom stereocenters. The number of hydrogen-bond donors (Lipinski definition) is 0. The van der Waals surface area contributed by atoms with Crippen molar-refractivity contribution < 1.29 is 19.1 Å². The summed E-state index contributed by atoms with van der Waals surface area (Å²) in [7, 11) is 0. The van der Waals surface area contributed by atoms with Gasteiger partial charge in [0.1, 0.15) is 17.2 Å². The lowest BCUT2D eigenvalue weighted by molar-refractivity contribution is -0.138. The van der Waals surface area contributed by atoms with E-state index in [0.29, 0.717) is 32.8 Å². The molecule has 146 valence electrons. The number of nitrogens with zero attached hydrogens (tertiary/aromatic N) is 3. The normalized spacial score (nSPS) is 15.2. The highest BCUT2D eigenvalue weighted by atomic mass is 32.1. The Balaban J connectivity index is 1.41. The third-order valence-electron chi connectivity index (χ3n) is 4.07. The zero-order valence-corrected chi connectivity index (χ0v) is 16.8. The number of aromatic nitrogens is 1. The molecule has 8 heteroatoms. The van der Waals surface area contributed by atoms with Crippen LogP contribution < -0.4 is 0 Å². The average molecular weight is 391 g/mol. The molecule has 7 nitrogen and oxygen atoms in total. The first-order valence-electron chi connectivity index (χ1n) is 9.00. The minimum atomic E-state index is -0.515.